The second-order valence-corrected chi connectivity index (χ2v) is 13.0. The number of aliphatic carboxylic acids is 2. The molecule has 9 nitrogen and oxygen atoms in total. The number of amides is 1. The smallest absolute Gasteiger partial charge is 0.309 e. The van der Waals surface area contributed by atoms with Crippen LogP contribution in [0.15, 0.2) is 0 Å². The molecule has 4 N–H and O–H groups in total. The second kappa shape index (κ2) is 9.29. The fourth-order valence-corrected chi connectivity index (χ4v) is 8.30. The Balaban J connectivity index is 0.000000189. The molecule has 5 aliphatic carbocycles. The molecule has 5 saturated carbocycles. The SMILES string of the molecule is CC1(C)[C@@H](C(=O)O)CC[C@@]1(C)C(=O)O.N#C[C@@H]1CCCN1C(=O)CNC12CC3CC(CC(O)(C3)C1)C2. The van der Waals surface area contributed by atoms with Gasteiger partial charge in [-0.2, -0.15) is 5.26 Å². The molecule has 6 rings (SSSR count). The molecule has 200 valence electrons. The first-order valence-electron chi connectivity index (χ1n) is 13.4. The normalized spacial score (nSPS) is 41.9. The molecule has 0 aromatic rings. The summed E-state index contributed by atoms with van der Waals surface area (Å²) in [5.74, 6) is -1.05. The van der Waals surface area contributed by atoms with Crippen molar-refractivity contribution in [1.82, 2.24) is 10.2 Å². The summed E-state index contributed by atoms with van der Waals surface area (Å²) in [7, 11) is 0. The average Bonchev–Trinajstić information content (AvgIpc) is 3.33. The zero-order chi connectivity index (χ0) is 26.5. The van der Waals surface area contributed by atoms with Crippen molar-refractivity contribution in [2.75, 3.05) is 13.1 Å². The molecule has 0 spiro atoms. The van der Waals surface area contributed by atoms with Crippen LogP contribution in [-0.2, 0) is 14.4 Å². The van der Waals surface area contributed by atoms with Gasteiger partial charge in [0.15, 0.2) is 0 Å². The molecular formula is C27H41N3O6. The molecule has 0 radical (unpaired) electrons. The molecule has 36 heavy (non-hydrogen) atoms. The Morgan fingerprint density at radius 3 is 2.17 bits per heavy atom. The quantitative estimate of drug-likeness (QED) is 0.447. The number of carbonyl (C=O) groups is 3. The summed E-state index contributed by atoms with van der Waals surface area (Å²) >= 11 is 0. The minimum Gasteiger partial charge on any atom is -0.481 e. The van der Waals surface area contributed by atoms with Gasteiger partial charge in [0, 0.05) is 12.1 Å². The summed E-state index contributed by atoms with van der Waals surface area (Å²) in [6, 6.07) is 1.99. The lowest BCUT2D eigenvalue weighted by Gasteiger charge is -2.60. The van der Waals surface area contributed by atoms with E-state index in [-0.39, 0.29) is 17.5 Å². The predicted octanol–water partition coefficient (Wildman–Crippen LogP) is 2.77. The number of nitriles is 1. The van der Waals surface area contributed by atoms with Crippen molar-refractivity contribution in [3.8, 4) is 6.07 Å². The fraction of sp³-hybridized carbons (Fsp3) is 0.852. The van der Waals surface area contributed by atoms with Gasteiger partial charge in [-0.25, -0.2) is 0 Å². The van der Waals surface area contributed by atoms with Gasteiger partial charge >= 0.3 is 11.9 Å². The predicted molar refractivity (Wildman–Crippen MR) is 131 cm³/mol. The molecule has 9 heteroatoms. The number of likely N-dealkylation sites (tertiary alicyclic amines) is 1. The number of nitrogens with one attached hydrogen (secondary N) is 1. The van der Waals surface area contributed by atoms with Gasteiger partial charge in [-0.1, -0.05) is 13.8 Å². The Hall–Kier alpha value is -2.18. The zero-order valence-corrected chi connectivity index (χ0v) is 21.8. The van der Waals surface area contributed by atoms with E-state index in [1.165, 1.54) is 6.42 Å². The van der Waals surface area contributed by atoms with Gasteiger partial charge in [0.25, 0.3) is 0 Å². The van der Waals surface area contributed by atoms with E-state index in [1.807, 2.05) is 0 Å². The van der Waals surface area contributed by atoms with Crippen molar-refractivity contribution < 1.29 is 29.7 Å². The van der Waals surface area contributed by atoms with Crippen molar-refractivity contribution in [3.05, 3.63) is 0 Å². The molecular weight excluding hydrogens is 462 g/mol. The highest BCUT2D eigenvalue weighted by Crippen LogP contribution is 2.58. The van der Waals surface area contributed by atoms with Crippen LogP contribution in [0, 0.1) is 39.9 Å². The highest BCUT2D eigenvalue weighted by molar-refractivity contribution is 5.80. The Morgan fingerprint density at radius 1 is 1.06 bits per heavy atom. The van der Waals surface area contributed by atoms with E-state index >= 15 is 0 Å². The Bertz CT molecular complexity index is 944. The monoisotopic (exact) mass is 503 g/mol. The van der Waals surface area contributed by atoms with Crippen LogP contribution in [0.5, 0.6) is 0 Å². The first kappa shape index (κ1) is 26.9. The van der Waals surface area contributed by atoms with Crippen LogP contribution in [0.4, 0.5) is 0 Å². The summed E-state index contributed by atoms with van der Waals surface area (Å²) < 4.78 is 0. The maximum Gasteiger partial charge on any atom is 0.309 e. The maximum absolute atomic E-state index is 12.4. The first-order chi connectivity index (χ1) is 16.7. The molecule has 6 fully saturated rings. The van der Waals surface area contributed by atoms with Gasteiger partial charge in [0.2, 0.25) is 5.91 Å². The van der Waals surface area contributed by atoms with Crippen LogP contribution in [0.25, 0.3) is 0 Å². The number of carbonyl (C=O) groups excluding carboxylic acids is 1. The van der Waals surface area contributed by atoms with Crippen LogP contribution in [-0.4, -0.2) is 68.3 Å². The lowest BCUT2D eigenvalue weighted by molar-refractivity contribution is -0.157. The van der Waals surface area contributed by atoms with E-state index in [9.17, 15) is 19.5 Å². The van der Waals surface area contributed by atoms with Crippen molar-refractivity contribution >= 4 is 17.8 Å². The third kappa shape index (κ3) is 4.63. The van der Waals surface area contributed by atoms with E-state index in [2.05, 4.69) is 11.4 Å². The van der Waals surface area contributed by atoms with E-state index in [1.54, 1.807) is 25.7 Å². The van der Waals surface area contributed by atoms with Gasteiger partial charge in [-0.3, -0.25) is 14.4 Å². The Morgan fingerprint density at radius 2 is 1.69 bits per heavy atom. The highest BCUT2D eigenvalue weighted by atomic mass is 16.4. The third-order valence-corrected chi connectivity index (χ3v) is 10.4. The number of nitrogens with zero attached hydrogens (tertiary/aromatic N) is 2. The standard InChI is InChI=1S/C17H25N3O2.C10H16O4/c18-9-14-2-1-3-20(14)15(21)10-19-16-5-12-4-13(6-16)8-17(22,7-12)11-16;1-9(2)6(7(11)12)4-5-10(9,3)8(13)14/h12-14,19,22H,1-8,10-11H2;6H,4-5H2,1-3H3,(H,11,12)(H,13,14)/t12?,13?,14-,16?,17?;6-,10+/m01/s1. The number of carboxylic acid groups (broad SMARTS) is 2. The van der Waals surface area contributed by atoms with Crippen molar-refractivity contribution in [2.45, 2.75) is 102 Å². The summed E-state index contributed by atoms with van der Waals surface area (Å²) in [6.45, 7) is 6.12. The summed E-state index contributed by atoms with van der Waals surface area (Å²) in [6.07, 6.45) is 8.76. The van der Waals surface area contributed by atoms with Crippen LogP contribution in [0.2, 0.25) is 0 Å². The first-order valence-corrected chi connectivity index (χ1v) is 13.4. The van der Waals surface area contributed by atoms with Gasteiger partial charge in [0.1, 0.15) is 6.04 Å². The molecule has 0 aromatic carbocycles. The van der Waals surface area contributed by atoms with E-state index in [4.69, 9.17) is 15.5 Å². The average molecular weight is 504 g/mol. The second-order valence-electron chi connectivity index (χ2n) is 13.0. The van der Waals surface area contributed by atoms with Gasteiger partial charge in [-0.15, -0.1) is 0 Å². The van der Waals surface area contributed by atoms with E-state index < -0.39 is 34.3 Å². The molecule has 5 atom stereocenters. The molecule has 1 heterocycles. The number of aliphatic hydroxyl groups is 1. The topological polar surface area (TPSA) is 151 Å². The Labute approximate surface area is 213 Å². The van der Waals surface area contributed by atoms with Gasteiger partial charge < -0.3 is 25.5 Å². The summed E-state index contributed by atoms with van der Waals surface area (Å²) in [5, 5.41) is 41.5. The minimum atomic E-state index is -0.921. The maximum atomic E-state index is 12.4. The molecule has 0 aromatic heterocycles. The third-order valence-electron chi connectivity index (χ3n) is 10.4. The van der Waals surface area contributed by atoms with Crippen LogP contribution in [0.3, 0.4) is 0 Å². The Kier molecular flexibility index (Phi) is 6.93. The molecule has 1 amide bonds. The molecule has 4 bridgehead atoms. The molecule has 1 saturated heterocycles. The van der Waals surface area contributed by atoms with Crippen LogP contribution < -0.4 is 5.32 Å². The van der Waals surface area contributed by atoms with Crippen LogP contribution in [0.1, 0.15) is 85.0 Å². The number of rotatable bonds is 5. The van der Waals surface area contributed by atoms with Crippen molar-refractivity contribution in [1.29, 1.82) is 5.26 Å². The lowest BCUT2D eigenvalue weighted by atomic mass is 9.51. The highest BCUT2D eigenvalue weighted by Gasteiger charge is 2.59. The lowest BCUT2D eigenvalue weighted by Crippen LogP contribution is -2.65. The van der Waals surface area contributed by atoms with Crippen LogP contribution >= 0.6 is 0 Å². The fourth-order valence-electron chi connectivity index (χ4n) is 8.30. The van der Waals surface area contributed by atoms with E-state index in [0.29, 0.717) is 37.8 Å². The zero-order valence-electron chi connectivity index (χ0n) is 21.8. The molecule has 6 aliphatic rings. The summed E-state index contributed by atoms with van der Waals surface area (Å²) in [5.41, 5.74) is -2.15. The van der Waals surface area contributed by atoms with Crippen molar-refractivity contribution in [2.24, 2.45) is 28.6 Å². The summed E-state index contributed by atoms with van der Waals surface area (Å²) in [4.78, 5) is 36.2. The molecule has 1 aliphatic heterocycles. The van der Waals surface area contributed by atoms with Gasteiger partial charge in [-0.05, 0) is 88.4 Å². The largest absolute Gasteiger partial charge is 0.481 e. The minimum absolute atomic E-state index is 0.0453. The number of carboxylic acids is 2. The number of hydrogen-bond donors (Lipinski definition) is 4. The van der Waals surface area contributed by atoms with Gasteiger partial charge in [0.05, 0.1) is 29.5 Å². The van der Waals surface area contributed by atoms with E-state index in [0.717, 1.165) is 44.9 Å². The van der Waals surface area contributed by atoms with Crippen molar-refractivity contribution in [3.63, 3.8) is 0 Å². The number of hydrogen-bond acceptors (Lipinski definition) is 6. The molecule has 2 unspecified atom stereocenters.